The van der Waals surface area contributed by atoms with Crippen LogP contribution in [0.5, 0.6) is 5.75 Å². The number of rotatable bonds is 5. The maximum absolute atomic E-state index is 12.7. The van der Waals surface area contributed by atoms with Crippen molar-refractivity contribution in [3.63, 3.8) is 0 Å². The van der Waals surface area contributed by atoms with Crippen LogP contribution in [0.15, 0.2) is 54.1 Å². The summed E-state index contributed by atoms with van der Waals surface area (Å²) in [5, 5.41) is 37.5. The molecule has 0 bridgehead atoms. The third-order valence-electron chi connectivity index (χ3n) is 4.02. The topological polar surface area (TPSA) is 134 Å². The van der Waals surface area contributed by atoms with Crippen molar-refractivity contribution in [2.75, 3.05) is 5.32 Å². The Balaban J connectivity index is 1.96. The Hall–Kier alpha value is -4.16. The first kappa shape index (κ1) is 20.6. The lowest BCUT2D eigenvalue weighted by Crippen LogP contribution is -2.16. The highest BCUT2D eigenvalue weighted by Gasteiger charge is 2.20. The molecule has 2 aromatic carbocycles. The Morgan fingerprint density at radius 3 is 2.67 bits per heavy atom. The summed E-state index contributed by atoms with van der Waals surface area (Å²) in [5.41, 5.74) is 0.185. The largest absolute Gasteiger partial charge is 0.502 e. The molecule has 30 heavy (non-hydrogen) atoms. The first-order valence-corrected chi connectivity index (χ1v) is 8.90. The lowest BCUT2D eigenvalue weighted by Gasteiger charge is -2.08. The number of aromatic nitrogens is 2. The van der Waals surface area contributed by atoms with Gasteiger partial charge in [0.2, 0.25) is 5.75 Å². The standard InChI is InChI=1S/C20H14ClN5O4/c1-12-7-18(25(24-12)16-5-3-2-4-6-16)23-20(28)14(11-22)8-13-9-15(21)10-17(19(13)27)26(29)30/h2-10,27H,1H3,(H,23,28). The number of nitrogens with zero attached hydrogens (tertiary/aromatic N) is 4. The molecule has 0 atom stereocenters. The van der Waals surface area contributed by atoms with E-state index in [1.807, 2.05) is 18.2 Å². The molecule has 0 fully saturated rings. The number of hydrogen-bond donors (Lipinski definition) is 2. The molecule has 0 aliphatic carbocycles. The highest BCUT2D eigenvalue weighted by Crippen LogP contribution is 2.34. The van der Waals surface area contributed by atoms with Crippen LogP contribution in [0.2, 0.25) is 5.02 Å². The minimum absolute atomic E-state index is 0.0266. The normalized spacial score (nSPS) is 11.0. The van der Waals surface area contributed by atoms with E-state index in [0.717, 1.165) is 12.1 Å². The van der Waals surface area contributed by atoms with E-state index in [-0.39, 0.29) is 16.2 Å². The molecule has 2 N–H and O–H groups in total. The summed E-state index contributed by atoms with van der Waals surface area (Å²) < 4.78 is 1.50. The fourth-order valence-corrected chi connectivity index (χ4v) is 2.92. The average Bonchev–Trinajstić information content (AvgIpc) is 3.08. The van der Waals surface area contributed by atoms with Gasteiger partial charge in [0, 0.05) is 22.7 Å². The summed E-state index contributed by atoms with van der Waals surface area (Å²) in [7, 11) is 0. The molecule has 3 rings (SSSR count). The molecule has 0 saturated carbocycles. The Morgan fingerprint density at radius 1 is 1.33 bits per heavy atom. The Morgan fingerprint density at radius 2 is 2.03 bits per heavy atom. The van der Waals surface area contributed by atoms with Gasteiger partial charge in [0.1, 0.15) is 17.5 Å². The molecule has 9 nitrogen and oxygen atoms in total. The van der Waals surface area contributed by atoms with Gasteiger partial charge in [-0.2, -0.15) is 10.4 Å². The summed E-state index contributed by atoms with van der Waals surface area (Å²) in [6.07, 6.45) is 1.03. The molecule has 1 heterocycles. The van der Waals surface area contributed by atoms with Crippen LogP contribution < -0.4 is 5.32 Å². The van der Waals surface area contributed by atoms with Crippen molar-refractivity contribution in [1.29, 1.82) is 5.26 Å². The number of benzene rings is 2. The number of carbonyl (C=O) groups excluding carboxylic acids is 1. The number of phenolic OH excluding ortho intramolecular Hbond substituents is 1. The van der Waals surface area contributed by atoms with E-state index in [1.165, 1.54) is 10.7 Å². The number of phenols is 1. The molecular formula is C20H14ClN5O4. The summed E-state index contributed by atoms with van der Waals surface area (Å²) in [5.74, 6) is -1.15. The van der Waals surface area contributed by atoms with Gasteiger partial charge in [0.05, 0.1) is 16.3 Å². The molecule has 0 aliphatic heterocycles. The van der Waals surface area contributed by atoms with Crippen molar-refractivity contribution in [1.82, 2.24) is 9.78 Å². The van der Waals surface area contributed by atoms with Gasteiger partial charge in [-0.15, -0.1) is 0 Å². The van der Waals surface area contributed by atoms with Crippen molar-refractivity contribution in [3.8, 4) is 17.5 Å². The number of hydrogen-bond acceptors (Lipinski definition) is 6. The van der Waals surface area contributed by atoms with Gasteiger partial charge >= 0.3 is 5.69 Å². The number of aromatic hydroxyl groups is 1. The predicted molar refractivity (Wildman–Crippen MR) is 110 cm³/mol. The van der Waals surface area contributed by atoms with Crippen LogP contribution in [0.1, 0.15) is 11.3 Å². The Kier molecular flexibility index (Phi) is 5.80. The number of nitro benzene ring substituents is 1. The number of nitrogens with one attached hydrogen (secondary N) is 1. The maximum atomic E-state index is 12.7. The van der Waals surface area contributed by atoms with E-state index in [1.54, 1.807) is 31.2 Å². The van der Waals surface area contributed by atoms with E-state index in [2.05, 4.69) is 10.4 Å². The van der Waals surface area contributed by atoms with Crippen LogP contribution in [0.3, 0.4) is 0 Å². The zero-order valence-electron chi connectivity index (χ0n) is 15.5. The van der Waals surface area contributed by atoms with Gasteiger partial charge < -0.3 is 10.4 Å². The number of amides is 1. The van der Waals surface area contributed by atoms with Crippen LogP contribution in [0.25, 0.3) is 11.8 Å². The van der Waals surface area contributed by atoms with Gasteiger partial charge in [-0.3, -0.25) is 14.9 Å². The quantitative estimate of drug-likeness (QED) is 0.276. The second-order valence-electron chi connectivity index (χ2n) is 6.16. The van der Waals surface area contributed by atoms with E-state index >= 15 is 0 Å². The fourth-order valence-electron chi connectivity index (χ4n) is 2.70. The maximum Gasteiger partial charge on any atom is 0.312 e. The predicted octanol–water partition coefficient (Wildman–Crippen LogP) is 3.99. The number of nitro groups is 1. The van der Waals surface area contributed by atoms with E-state index in [9.17, 15) is 25.3 Å². The molecule has 10 heteroatoms. The first-order valence-electron chi connectivity index (χ1n) is 8.52. The Bertz CT molecular complexity index is 1210. The smallest absolute Gasteiger partial charge is 0.312 e. The molecule has 1 aromatic heterocycles. The fraction of sp³-hybridized carbons (Fsp3) is 0.0500. The molecule has 3 aromatic rings. The number of aryl methyl sites for hydroxylation is 1. The van der Waals surface area contributed by atoms with Crippen LogP contribution in [-0.4, -0.2) is 25.7 Å². The Labute approximate surface area is 175 Å². The number of anilines is 1. The van der Waals surface area contributed by atoms with Crippen molar-refractivity contribution in [2.24, 2.45) is 0 Å². The lowest BCUT2D eigenvalue weighted by atomic mass is 10.1. The van der Waals surface area contributed by atoms with Gasteiger partial charge in [-0.1, -0.05) is 29.8 Å². The van der Waals surface area contributed by atoms with Crippen molar-refractivity contribution in [3.05, 3.63) is 80.5 Å². The summed E-state index contributed by atoms with van der Waals surface area (Å²) in [6, 6.07) is 14.6. The van der Waals surface area contributed by atoms with Gasteiger partial charge in [0.25, 0.3) is 5.91 Å². The van der Waals surface area contributed by atoms with E-state index in [0.29, 0.717) is 17.2 Å². The van der Waals surface area contributed by atoms with E-state index < -0.39 is 22.3 Å². The molecule has 0 saturated heterocycles. The zero-order valence-corrected chi connectivity index (χ0v) is 16.3. The zero-order chi connectivity index (χ0) is 21.8. The minimum atomic E-state index is -0.814. The van der Waals surface area contributed by atoms with Crippen molar-refractivity contribution in [2.45, 2.75) is 6.92 Å². The SMILES string of the molecule is Cc1cc(NC(=O)C(C#N)=Cc2cc(Cl)cc([N+](=O)[O-])c2O)n(-c2ccccc2)n1. The van der Waals surface area contributed by atoms with Crippen LogP contribution in [-0.2, 0) is 4.79 Å². The molecule has 0 unspecified atom stereocenters. The summed E-state index contributed by atoms with van der Waals surface area (Å²) in [6.45, 7) is 1.75. The highest BCUT2D eigenvalue weighted by atomic mass is 35.5. The second kappa shape index (κ2) is 8.46. The number of carbonyl (C=O) groups is 1. The first-order chi connectivity index (χ1) is 14.3. The third-order valence-corrected chi connectivity index (χ3v) is 4.24. The van der Waals surface area contributed by atoms with Crippen molar-refractivity contribution < 1.29 is 14.8 Å². The van der Waals surface area contributed by atoms with Gasteiger partial charge in [0.15, 0.2) is 0 Å². The highest BCUT2D eigenvalue weighted by molar-refractivity contribution is 6.31. The van der Waals surface area contributed by atoms with Gasteiger partial charge in [-0.05, 0) is 31.2 Å². The summed E-state index contributed by atoms with van der Waals surface area (Å²) in [4.78, 5) is 22.9. The molecular weight excluding hydrogens is 410 g/mol. The van der Waals surface area contributed by atoms with Crippen molar-refractivity contribution >= 4 is 35.1 Å². The van der Waals surface area contributed by atoms with E-state index in [4.69, 9.17) is 11.6 Å². The number of para-hydroxylation sites is 1. The van der Waals surface area contributed by atoms with Crippen LogP contribution in [0.4, 0.5) is 11.5 Å². The number of nitriles is 1. The molecule has 0 radical (unpaired) electrons. The third kappa shape index (κ3) is 4.29. The molecule has 150 valence electrons. The average molecular weight is 424 g/mol. The monoisotopic (exact) mass is 423 g/mol. The number of halogens is 1. The molecule has 0 spiro atoms. The van der Waals surface area contributed by atoms with Crippen LogP contribution >= 0.6 is 11.6 Å². The lowest BCUT2D eigenvalue weighted by molar-refractivity contribution is -0.385. The molecule has 1 amide bonds. The molecule has 0 aliphatic rings. The summed E-state index contributed by atoms with van der Waals surface area (Å²) >= 11 is 5.85. The second-order valence-corrected chi connectivity index (χ2v) is 6.60. The van der Waals surface area contributed by atoms with Crippen LogP contribution in [0, 0.1) is 28.4 Å². The minimum Gasteiger partial charge on any atom is -0.502 e. The van der Waals surface area contributed by atoms with Gasteiger partial charge in [-0.25, -0.2) is 4.68 Å².